The summed E-state index contributed by atoms with van der Waals surface area (Å²) in [6, 6.07) is 20.2. The quantitative estimate of drug-likeness (QED) is 0.252. The smallest absolute Gasteiger partial charge is 0.247 e. The van der Waals surface area contributed by atoms with Gasteiger partial charge in [-0.05, 0) is 98.7 Å². The number of carbonyl (C=O) groups is 3. The third-order valence-corrected chi connectivity index (χ3v) is 7.16. The number of thiocarbonyl (C=S) groups is 1. The lowest BCUT2D eigenvalue weighted by Crippen LogP contribution is -2.31. The Labute approximate surface area is 214 Å². The molecule has 0 saturated carbocycles. The number of thioether (sulfide) groups is 1. The van der Waals surface area contributed by atoms with Gasteiger partial charge in [-0.25, -0.2) is 4.90 Å². The number of hydrogen-bond donors (Lipinski definition) is 2. The van der Waals surface area contributed by atoms with Crippen LogP contribution in [0.2, 0.25) is 0 Å². The van der Waals surface area contributed by atoms with Crippen LogP contribution in [-0.2, 0) is 9.59 Å². The molecule has 1 saturated heterocycles. The number of aryl methyl sites for hydroxylation is 2. The van der Waals surface area contributed by atoms with E-state index in [1.54, 1.807) is 24.3 Å². The molecule has 0 unspecified atom stereocenters. The molecule has 1 aliphatic heterocycles. The monoisotopic (exact) mass is 503 g/mol. The third kappa shape index (κ3) is 5.78. The Morgan fingerprint density at radius 3 is 2.34 bits per heavy atom. The molecule has 3 aromatic carbocycles. The first-order valence-electron chi connectivity index (χ1n) is 11.1. The zero-order valence-corrected chi connectivity index (χ0v) is 21.3. The Balaban J connectivity index is 1.40. The minimum Gasteiger partial charge on any atom is -0.332 e. The molecule has 8 heteroatoms. The molecule has 1 heterocycles. The predicted octanol–water partition coefficient (Wildman–Crippen LogP) is 5.74. The van der Waals surface area contributed by atoms with E-state index in [0.717, 1.165) is 27.4 Å². The molecule has 3 aromatic rings. The van der Waals surface area contributed by atoms with Crippen LogP contribution in [0.25, 0.3) is 0 Å². The standard InChI is InChI=1S/C27H25N3O3S2/c1-16-7-12-22(13-17(16)2)30-25(32)15-24(26(30)33)35-23-6-4-5-21(14-23)29-27(34)28-20-10-8-19(9-11-20)18(3)31/h4-14,24H,15H2,1-3H3,(H2,28,29,34)/t24-/m1/s1. The van der Waals surface area contributed by atoms with Crippen LogP contribution in [0.15, 0.2) is 71.6 Å². The number of carbonyl (C=O) groups excluding carboxylic acids is 3. The zero-order chi connectivity index (χ0) is 25.1. The Morgan fingerprint density at radius 1 is 0.943 bits per heavy atom. The van der Waals surface area contributed by atoms with Crippen molar-refractivity contribution in [1.82, 2.24) is 0 Å². The number of ketones is 1. The number of hydrogen-bond acceptors (Lipinski definition) is 5. The van der Waals surface area contributed by atoms with E-state index in [9.17, 15) is 14.4 Å². The van der Waals surface area contributed by atoms with Crippen molar-refractivity contribution in [2.75, 3.05) is 15.5 Å². The molecule has 1 fully saturated rings. The molecular weight excluding hydrogens is 478 g/mol. The number of amides is 2. The minimum atomic E-state index is -0.482. The summed E-state index contributed by atoms with van der Waals surface area (Å²) in [5, 5.41) is 6.14. The first-order chi connectivity index (χ1) is 16.7. The highest BCUT2D eigenvalue weighted by Crippen LogP contribution is 2.35. The van der Waals surface area contributed by atoms with Crippen molar-refractivity contribution in [1.29, 1.82) is 0 Å². The van der Waals surface area contributed by atoms with Gasteiger partial charge in [-0.1, -0.05) is 12.1 Å². The van der Waals surface area contributed by atoms with Gasteiger partial charge in [0, 0.05) is 28.3 Å². The molecule has 0 radical (unpaired) electrons. The number of anilines is 3. The first-order valence-corrected chi connectivity index (χ1v) is 12.4. The van der Waals surface area contributed by atoms with Crippen molar-refractivity contribution in [3.63, 3.8) is 0 Å². The summed E-state index contributed by atoms with van der Waals surface area (Å²) in [6.07, 6.45) is 0.157. The zero-order valence-electron chi connectivity index (χ0n) is 19.6. The molecule has 35 heavy (non-hydrogen) atoms. The molecule has 1 aliphatic rings. The molecule has 2 N–H and O–H groups in total. The lowest BCUT2D eigenvalue weighted by molar-refractivity contribution is -0.121. The van der Waals surface area contributed by atoms with E-state index in [-0.39, 0.29) is 24.0 Å². The normalized spacial score (nSPS) is 15.3. The fourth-order valence-corrected chi connectivity index (χ4v) is 5.07. The summed E-state index contributed by atoms with van der Waals surface area (Å²) in [5.74, 6) is -0.384. The summed E-state index contributed by atoms with van der Waals surface area (Å²) in [4.78, 5) is 39.3. The van der Waals surface area contributed by atoms with Gasteiger partial charge < -0.3 is 10.6 Å². The summed E-state index contributed by atoms with van der Waals surface area (Å²) >= 11 is 6.78. The number of Topliss-reactive ketones (excluding diaryl/α,β-unsaturated/α-hetero) is 1. The highest BCUT2D eigenvalue weighted by Gasteiger charge is 2.40. The van der Waals surface area contributed by atoms with E-state index in [4.69, 9.17) is 12.2 Å². The van der Waals surface area contributed by atoms with Crippen LogP contribution in [0.1, 0.15) is 34.8 Å². The van der Waals surface area contributed by atoms with Gasteiger partial charge in [0.1, 0.15) is 0 Å². The van der Waals surface area contributed by atoms with E-state index < -0.39 is 5.25 Å². The third-order valence-electron chi connectivity index (χ3n) is 5.77. The van der Waals surface area contributed by atoms with Crippen LogP contribution < -0.4 is 15.5 Å². The molecule has 0 spiro atoms. The molecule has 1 atom stereocenters. The number of imide groups is 1. The van der Waals surface area contributed by atoms with Crippen LogP contribution in [-0.4, -0.2) is 28.0 Å². The fraction of sp³-hybridized carbons (Fsp3) is 0.185. The van der Waals surface area contributed by atoms with E-state index in [0.29, 0.717) is 16.4 Å². The van der Waals surface area contributed by atoms with E-state index in [1.165, 1.54) is 23.6 Å². The lowest BCUT2D eigenvalue weighted by Gasteiger charge is -2.16. The van der Waals surface area contributed by atoms with Gasteiger partial charge >= 0.3 is 0 Å². The SMILES string of the molecule is CC(=O)c1ccc(NC(=S)Nc2cccc(S[C@@H]3CC(=O)N(c4ccc(C)c(C)c4)C3=O)c2)cc1. The van der Waals surface area contributed by atoms with Crippen molar-refractivity contribution < 1.29 is 14.4 Å². The Kier molecular flexibility index (Phi) is 7.33. The maximum Gasteiger partial charge on any atom is 0.247 e. The van der Waals surface area contributed by atoms with Crippen molar-refractivity contribution >= 4 is 63.8 Å². The van der Waals surface area contributed by atoms with Crippen LogP contribution in [0, 0.1) is 13.8 Å². The maximum atomic E-state index is 13.1. The summed E-state index contributed by atoms with van der Waals surface area (Å²) in [7, 11) is 0. The second-order valence-electron chi connectivity index (χ2n) is 8.39. The highest BCUT2D eigenvalue weighted by molar-refractivity contribution is 8.00. The van der Waals surface area contributed by atoms with Crippen LogP contribution in [0.5, 0.6) is 0 Å². The van der Waals surface area contributed by atoms with E-state index in [1.807, 2.05) is 56.3 Å². The van der Waals surface area contributed by atoms with Crippen LogP contribution in [0.4, 0.5) is 17.1 Å². The maximum absolute atomic E-state index is 13.1. The topological polar surface area (TPSA) is 78.5 Å². The molecule has 178 valence electrons. The molecule has 4 rings (SSSR count). The molecule has 6 nitrogen and oxygen atoms in total. The molecule has 0 aromatic heterocycles. The number of nitrogens with one attached hydrogen (secondary N) is 2. The van der Waals surface area contributed by atoms with Gasteiger partial charge in [0.05, 0.1) is 10.9 Å². The largest absolute Gasteiger partial charge is 0.332 e. The first kappa shape index (κ1) is 24.6. The average Bonchev–Trinajstić information content (AvgIpc) is 3.09. The molecule has 2 amide bonds. The lowest BCUT2D eigenvalue weighted by atomic mass is 10.1. The second kappa shape index (κ2) is 10.4. The van der Waals surface area contributed by atoms with Crippen molar-refractivity contribution in [2.24, 2.45) is 0 Å². The van der Waals surface area contributed by atoms with E-state index in [2.05, 4.69) is 10.6 Å². The van der Waals surface area contributed by atoms with Crippen LogP contribution in [0.3, 0.4) is 0 Å². The van der Waals surface area contributed by atoms with Crippen molar-refractivity contribution in [3.05, 3.63) is 83.4 Å². The van der Waals surface area contributed by atoms with Gasteiger partial charge in [0.25, 0.3) is 0 Å². The summed E-state index contributed by atoms with van der Waals surface area (Å²) < 4.78 is 0. The van der Waals surface area contributed by atoms with Gasteiger partial charge in [-0.2, -0.15) is 0 Å². The minimum absolute atomic E-state index is 0.00566. The van der Waals surface area contributed by atoms with Gasteiger partial charge in [0.15, 0.2) is 10.9 Å². The van der Waals surface area contributed by atoms with Crippen molar-refractivity contribution in [2.45, 2.75) is 37.3 Å². The predicted molar refractivity (Wildman–Crippen MR) is 145 cm³/mol. The Morgan fingerprint density at radius 2 is 1.66 bits per heavy atom. The summed E-state index contributed by atoms with van der Waals surface area (Å²) in [5.41, 5.74) is 4.93. The van der Waals surface area contributed by atoms with Crippen LogP contribution >= 0.6 is 24.0 Å². The fourth-order valence-electron chi connectivity index (χ4n) is 3.73. The van der Waals surface area contributed by atoms with Gasteiger partial charge in [0.2, 0.25) is 11.8 Å². The number of rotatable bonds is 6. The Bertz CT molecular complexity index is 1320. The van der Waals surface area contributed by atoms with Crippen molar-refractivity contribution in [3.8, 4) is 0 Å². The average molecular weight is 504 g/mol. The number of benzene rings is 3. The van der Waals surface area contributed by atoms with E-state index >= 15 is 0 Å². The Hall–Kier alpha value is -3.49. The van der Waals surface area contributed by atoms with Gasteiger partial charge in [-0.3, -0.25) is 14.4 Å². The summed E-state index contributed by atoms with van der Waals surface area (Å²) in [6.45, 7) is 5.49. The second-order valence-corrected chi connectivity index (χ2v) is 10.1. The highest BCUT2D eigenvalue weighted by atomic mass is 32.2. The molecule has 0 aliphatic carbocycles. The number of nitrogens with zero attached hydrogens (tertiary/aromatic N) is 1. The molecule has 0 bridgehead atoms. The molecular formula is C27H25N3O3S2. The van der Waals surface area contributed by atoms with Gasteiger partial charge in [-0.15, -0.1) is 11.8 Å².